The molecule has 1 unspecified atom stereocenters. The summed E-state index contributed by atoms with van der Waals surface area (Å²) in [6, 6.07) is -0.0621. The lowest BCUT2D eigenvalue weighted by Gasteiger charge is -2.13. The van der Waals surface area contributed by atoms with Crippen molar-refractivity contribution in [2.75, 3.05) is 13.1 Å². The normalized spacial score (nSPS) is 14.2. The topological polar surface area (TPSA) is 84.2 Å². The predicted octanol–water partition coefficient (Wildman–Crippen LogP) is -0.0522. The van der Waals surface area contributed by atoms with Gasteiger partial charge < -0.3 is 5.73 Å². The van der Waals surface area contributed by atoms with Gasteiger partial charge in [-0.15, -0.1) is 0 Å². The Bertz CT molecular complexity index is 229. The fourth-order valence-corrected chi connectivity index (χ4v) is 2.23. The van der Waals surface area contributed by atoms with Crippen LogP contribution in [0, 0.1) is 0 Å². The van der Waals surface area contributed by atoms with Gasteiger partial charge in [0.2, 0.25) is 0 Å². The van der Waals surface area contributed by atoms with E-state index in [1.54, 1.807) is 0 Å². The molecule has 0 aliphatic rings. The standard InChI is InChI=1S/C8H21N3O2S/c1-3-7-10-14(12,13)11-8(2)5-4-6-9/h8,10-11H,3-7,9H2,1-2H3. The molecule has 0 heterocycles. The summed E-state index contributed by atoms with van der Waals surface area (Å²) in [5.41, 5.74) is 5.33. The Kier molecular flexibility index (Phi) is 7.08. The zero-order valence-electron chi connectivity index (χ0n) is 8.91. The number of nitrogens with one attached hydrogen (secondary N) is 2. The molecule has 0 saturated carbocycles. The molecule has 1 atom stereocenters. The van der Waals surface area contributed by atoms with Gasteiger partial charge >= 0.3 is 0 Å². The van der Waals surface area contributed by atoms with E-state index in [0.717, 1.165) is 19.3 Å². The van der Waals surface area contributed by atoms with Crippen molar-refractivity contribution >= 4 is 10.2 Å². The Morgan fingerprint density at radius 3 is 2.57 bits per heavy atom. The maximum absolute atomic E-state index is 11.3. The Labute approximate surface area is 86.6 Å². The molecule has 0 aliphatic heterocycles. The first-order chi connectivity index (χ1) is 6.52. The predicted molar refractivity (Wildman–Crippen MR) is 58.1 cm³/mol. The lowest BCUT2D eigenvalue weighted by Crippen LogP contribution is -2.41. The first-order valence-electron chi connectivity index (χ1n) is 4.98. The second kappa shape index (κ2) is 7.17. The van der Waals surface area contributed by atoms with Crippen molar-refractivity contribution < 1.29 is 8.42 Å². The fourth-order valence-electron chi connectivity index (χ4n) is 1.03. The van der Waals surface area contributed by atoms with E-state index in [1.165, 1.54) is 0 Å². The third-order valence-electron chi connectivity index (χ3n) is 1.74. The van der Waals surface area contributed by atoms with E-state index in [1.807, 2.05) is 13.8 Å². The molecule has 86 valence electrons. The zero-order valence-corrected chi connectivity index (χ0v) is 9.73. The molecule has 0 amide bonds. The molecule has 5 nitrogen and oxygen atoms in total. The maximum Gasteiger partial charge on any atom is 0.277 e. The summed E-state index contributed by atoms with van der Waals surface area (Å²) in [5, 5.41) is 0. The summed E-state index contributed by atoms with van der Waals surface area (Å²) in [6.07, 6.45) is 2.39. The highest BCUT2D eigenvalue weighted by atomic mass is 32.2. The van der Waals surface area contributed by atoms with Crippen LogP contribution in [-0.4, -0.2) is 27.5 Å². The smallest absolute Gasteiger partial charge is 0.277 e. The van der Waals surface area contributed by atoms with Gasteiger partial charge in [0, 0.05) is 12.6 Å². The van der Waals surface area contributed by atoms with Crippen LogP contribution < -0.4 is 15.2 Å². The molecular formula is C8H21N3O2S. The van der Waals surface area contributed by atoms with Crippen LogP contribution in [0.25, 0.3) is 0 Å². The van der Waals surface area contributed by atoms with E-state index in [0.29, 0.717) is 13.1 Å². The Morgan fingerprint density at radius 1 is 1.43 bits per heavy atom. The third kappa shape index (κ3) is 7.25. The summed E-state index contributed by atoms with van der Waals surface area (Å²) in [6.45, 7) is 4.81. The zero-order chi connectivity index (χ0) is 11.0. The van der Waals surface area contributed by atoms with Crippen molar-refractivity contribution in [1.29, 1.82) is 0 Å². The molecule has 0 fully saturated rings. The van der Waals surface area contributed by atoms with Crippen molar-refractivity contribution in [3.63, 3.8) is 0 Å². The molecule has 0 spiro atoms. The molecular weight excluding hydrogens is 202 g/mol. The van der Waals surface area contributed by atoms with Crippen LogP contribution in [0.4, 0.5) is 0 Å². The fraction of sp³-hybridized carbons (Fsp3) is 1.00. The van der Waals surface area contributed by atoms with Gasteiger partial charge in [-0.1, -0.05) is 6.92 Å². The molecule has 0 bridgehead atoms. The van der Waals surface area contributed by atoms with Crippen LogP contribution in [0.2, 0.25) is 0 Å². The van der Waals surface area contributed by atoms with Gasteiger partial charge in [-0.05, 0) is 32.7 Å². The Balaban J connectivity index is 3.83. The average Bonchev–Trinajstić information content (AvgIpc) is 2.11. The van der Waals surface area contributed by atoms with Gasteiger partial charge in [0.05, 0.1) is 0 Å². The molecule has 0 aromatic heterocycles. The minimum absolute atomic E-state index is 0.0621. The highest BCUT2D eigenvalue weighted by Crippen LogP contribution is 1.96. The van der Waals surface area contributed by atoms with Gasteiger partial charge in [0.15, 0.2) is 0 Å². The number of hydrogen-bond donors (Lipinski definition) is 3. The Hall–Kier alpha value is -0.170. The summed E-state index contributed by atoms with van der Waals surface area (Å²) in [7, 11) is -3.31. The first-order valence-corrected chi connectivity index (χ1v) is 6.47. The van der Waals surface area contributed by atoms with Crippen molar-refractivity contribution in [3.05, 3.63) is 0 Å². The van der Waals surface area contributed by atoms with Crippen LogP contribution in [0.3, 0.4) is 0 Å². The van der Waals surface area contributed by atoms with Crippen molar-refractivity contribution in [2.24, 2.45) is 5.73 Å². The molecule has 14 heavy (non-hydrogen) atoms. The van der Waals surface area contributed by atoms with E-state index in [-0.39, 0.29) is 6.04 Å². The molecule has 6 heteroatoms. The Morgan fingerprint density at radius 2 is 2.07 bits per heavy atom. The molecule has 0 rings (SSSR count). The first kappa shape index (κ1) is 13.8. The molecule has 0 saturated heterocycles. The molecule has 0 aromatic carbocycles. The van der Waals surface area contributed by atoms with Crippen LogP contribution in [0.5, 0.6) is 0 Å². The largest absolute Gasteiger partial charge is 0.330 e. The lowest BCUT2D eigenvalue weighted by atomic mass is 10.2. The second-order valence-electron chi connectivity index (χ2n) is 3.35. The van der Waals surface area contributed by atoms with E-state index in [9.17, 15) is 8.42 Å². The average molecular weight is 223 g/mol. The molecule has 0 aliphatic carbocycles. The summed E-state index contributed by atoms with van der Waals surface area (Å²) in [5.74, 6) is 0. The molecule has 0 radical (unpaired) electrons. The SMILES string of the molecule is CCCNS(=O)(=O)NC(C)CCCN. The van der Waals surface area contributed by atoms with Crippen molar-refractivity contribution in [2.45, 2.75) is 39.2 Å². The summed E-state index contributed by atoms with van der Waals surface area (Å²) in [4.78, 5) is 0. The van der Waals surface area contributed by atoms with Crippen molar-refractivity contribution in [1.82, 2.24) is 9.44 Å². The van der Waals surface area contributed by atoms with Gasteiger partial charge in [-0.3, -0.25) is 0 Å². The van der Waals surface area contributed by atoms with Gasteiger partial charge in [-0.2, -0.15) is 13.1 Å². The van der Waals surface area contributed by atoms with Crippen LogP contribution in [0.15, 0.2) is 0 Å². The van der Waals surface area contributed by atoms with E-state index in [4.69, 9.17) is 5.73 Å². The lowest BCUT2D eigenvalue weighted by molar-refractivity contribution is 0.527. The van der Waals surface area contributed by atoms with Gasteiger partial charge in [0.1, 0.15) is 0 Å². The van der Waals surface area contributed by atoms with Crippen LogP contribution in [0.1, 0.15) is 33.1 Å². The van der Waals surface area contributed by atoms with E-state index in [2.05, 4.69) is 9.44 Å². The summed E-state index contributed by atoms with van der Waals surface area (Å²) < 4.78 is 27.6. The summed E-state index contributed by atoms with van der Waals surface area (Å²) >= 11 is 0. The van der Waals surface area contributed by atoms with Gasteiger partial charge in [-0.25, -0.2) is 4.72 Å². The van der Waals surface area contributed by atoms with Crippen molar-refractivity contribution in [3.8, 4) is 0 Å². The number of rotatable bonds is 8. The van der Waals surface area contributed by atoms with Gasteiger partial charge in [0.25, 0.3) is 10.2 Å². The van der Waals surface area contributed by atoms with Crippen LogP contribution in [-0.2, 0) is 10.2 Å². The van der Waals surface area contributed by atoms with E-state index < -0.39 is 10.2 Å². The minimum atomic E-state index is -3.31. The van der Waals surface area contributed by atoms with E-state index >= 15 is 0 Å². The highest BCUT2D eigenvalue weighted by Gasteiger charge is 2.12. The highest BCUT2D eigenvalue weighted by molar-refractivity contribution is 7.87. The second-order valence-corrected chi connectivity index (χ2v) is 4.88. The third-order valence-corrected chi connectivity index (χ3v) is 3.04. The number of hydrogen-bond acceptors (Lipinski definition) is 3. The quantitative estimate of drug-likeness (QED) is 0.539. The monoisotopic (exact) mass is 223 g/mol. The number of nitrogens with two attached hydrogens (primary N) is 1. The minimum Gasteiger partial charge on any atom is -0.330 e. The van der Waals surface area contributed by atoms with Crippen LogP contribution >= 0.6 is 0 Å². The maximum atomic E-state index is 11.3. The molecule has 0 aromatic rings. The molecule has 4 N–H and O–H groups in total.